The van der Waals surface area contributed by atoms with Crippen LogP contribution in [0, 0.1) is 6.92 Å². The zero-order valence-corrected chi connectivity index (χ0v) is 19.2. The summed E-state index contributed by atoms with van der Waals surface area (Å²) in [7, 11) is 0. The van der Waals surface area contributed by atoms with Crippen molar-refractivity contribution >= 4 is 34.7 Å². The molecule has 0 aliphatic carbocycles. The number of hydrogen-bond donors (Lipinski definition) is 1. The lowest BCUT2D eigenvalue weighted by Crippen LogP contribution is -2.29. The molecule has 6 nitrogen and oxygen atoms in total. The number of halogens is 1. The van der Waals surface area contributed by atoms with Crippen LogP contribution in [0.5, 0.6) is 5.75 Å². The third-order valence-electron chi connectivity index (χ3n) is 5.38. The fourth-order valence-electron chi connectivity index (χ4n) is 3.80. The van der Waals surface area contributed by atoms with Gasteiger partial charge in [0.2, 0.25) is 0 Å². The van der Waals surface area contributed by atoms with Crippen LogP contribution in [0.25, 0.3) is 5.76 Å². The van der Waals surface area contributed by atoms with Crippen molar-refractivity contribution in [2.75, 3.05) is 4.90 Å². The summed E-state index contributed by atoms with van der Waals surface area (Å²) in [5.74, 6) is -1.15. The van der Waals surface area contributed by atoms with Crippen LogP contribution < -0.4 is 9.64 Å². The highest BCUT2D eigenvalue weighted by Gasteiger charge is 2.47. The third-order valence-corrected chi connectivity index (χ3v) is 5.78. The van der Waals surface area contributed by atoms with E-state index in [4.69, 9.17) is 16.3 Å². The van der Waals surface area contributed by atoms with E-state index in [0.29, 0.717) is 27.6 Å². The number of Topliss-reactive ketones (excluding diaryl/α,β-unsaturated/α-hetero) is 1. The number of rotatable bonds is 5. The number of ether oxygens (including phenoxy) is 1. The number of hydrogen-bond acceptors (Lipinski definition) is 5. The molecule has 1 aliphatic heterocycles. The molecule has 1 unspecified atom stereocenters. The third kappa shape index (κ3) is 4.34. The summed E-state index contributed by atoms with van der Waals surface area (Å²) in [6.45, 7) is 5.69. The molecular weight excluding hydrogens is 440 g/mol. The molecule has 1 atom stereocenters. The topological polar surface area (TPSA) is 79.7 Å². The van der Waals surface area contributed by atoms with Gasteiger partial charge in [0, 0.05) is 28.7 Å². The first-order valence-corrected chi connectivity index (χ1v) is 10.9. The van der Waals surface area contributed by atoms with E-state index in [1.54, 1.807) is 67.0 Å². The lowest BCUT2D eigenvalue weighted by Gasteiger charge is -2.25. The van der Waals surface area contributed by atoms with Gasteiger partial charge in [-0.3, -0.25) is 19.5 Å². The number of aliphatic hydroxyl groups excluding tert-OH is 1. The number of aryl methyl sites for hydroxylation is 1. The maximum atomic E-state index is 13.2. The number of pyridine rings is 1. The molecule has 33 heavy (non-hydrogen) atoms. The molecule has 0 radical (unpaired) electrons. The molecule has 2 aromatic carbocycles. The van der Waals surface area contributed by atoms with E-state index in [1.165, 1.54) is 4.90 Å². The molecule has 1 N–H and O–H groups in total. The van der Waals surface area contributed by atoms with Crippen LogP contribution in [0.3, 0.4) is 0 Å². The van der Waals surface area contributed by atoms with Crippen molar-refractivity contribution in [3.63, 3.8) is 0 Å². The zero-order valence-electron chi connectivity index (χ0n) is 18.4. The van der Waals surface area contributed by atoms with Crippen LogP contribution >= 0.6 is 11.6 Å². The van der Waals surface area contributed by atoms with Gasteiger partial charge in [0.25, 0.3) is 11.7 Å². The largest absolute Gasteiger partial charge is 0.507 e. The molecule has 0 spiro atoms. The number of anilines is 1. The van der Waals surface area contributed by atoms with Gasteiger partial charge >= 0.3 is 0 Å². The second-order valence-electron chi connectivity index (χ2n) is 8.08. The standard InChI is InChI=1S/C26H23ClN2O4/c1-15(2)33-20-10-7-17(8-11-20)24(30)22-23(18-5-4-12-28-14-18)29(26(32)25(22)31)19-9-6-16(3)21(27)13-19/h4-15,23,30H,1-3H3/b24-22+. The molecule has 2 heterocycles. The second-order valence-corrected chi connectivity index (χ2v) is 8.49. The minimum atomic E-state index is -0.857. The van der Waals surface area contributed by atoms with Gasteiger partial charge < -0.3 is 9.84 Å². The normalized spacial score (nSPS) is 17.6. The summed E-state index contributed by atoms with van der Waals surface area (Å²) < 4.78 is 5.65. The quantitative estimate of drug-likeness (QED) is 0.309. The van der Waals surface area contributed by atoms with E-state index in [0.717, 1.165) is 5.56 Å². The van der Waals surface area contributed by atoms with Gasteiger partial charge in [-0.25, -0.2) is 0 Å². The van der Waals surface area contributed by atoms with Crippen molar-refractivity contribution in [2.24, 2.45) is 0 Å². The number of benzene rings is 2. The zero-order chi connectivity index (χ0) is 23.7. The number of aromatic nitrogens is 1. The Balaban J connectivity index is 1.86. The van der Waals surface area contributed by atoms with Crippen LogP contribution in [0.1, 0.15) is 36.6 Å². The molecule has 1 amide bonds. The van der Waals surface area contributed by atoms with Crippen molar-refractivity contribution in [3.05, 3.63) is 94.3 Å². The van der Waals surface area contributed by atoms with E-state index < -0.39 is 17.7 Å². The van der Waals surface area contributed by atoms with Crippen molar-refractivity contribution in [3.8, 4) is 5.75 Å². The molecule has 1 fully saturated rings. The number of nitrogens with zero attached hydrogens (tertiary/aromatic N) is 2. The van der Waals surface area contributed by atoms with Crippen LogP contribution in [0.2, 0.25) is 5.02 Å². The number of carbonyl (C=O) groups is 2. The van der Waals surface area contributed by atoms with Crippen LogP contribution in [0.15, 0.2) is 72.6 Å². The average molecular weight is 463 g/mol. The lowest BCUT2D eigenvalue weighted by atomic mass is 9.96. The summed E-state index contributed by atoms with van der Waals surface area (Å²) in [6.07, 6.45) is 3.18. The van der Waals surface area contributed by atoms with Gasteiger partial charge in [-0.2, -0.15) is 0 Å². The summed E-state index contributed by atoms with van der Waals surface area (Å²) in [4.78, 5) is 31.8. The first kappa shape index (κ1) is 22.6. The van der Waals surface area contributed by atoms with Crippen molar-refractivity contribution < 1.29 is 19.4 Å². The molecule has 4 rings (SSSR count). The average Bonchev–Trinajstić information content (AvgIpc) is 3.06. The second kappa shape index (κ2) is 9.08. The lowest BCUT2D eigenvalue weighted by molar-refractivity contribution is -0.132. The van der Waals surface area contributed by atoms with Crippen molar-refractivity contribution in [1.29, 1.82) is 0 Å². The molecule has 3 aromatic rings. The van der Waals surface area contributed by atoms with Gasteiger partial charge in [0.05, 0.1) is 17.7 Å². The van der Waals surface area contributed by atoms with Crippen molar-refractivity contribution in [1.82, 2.24) is 4.98 Å². The Morgan fingerprint density at radius 3 is 2.45 bits per heavy atom. The molecule has 7 heteroatoms. The summed E-state index contributed by atoms with van der Waals surface area (Å²) in [5.41, 5.74) is 2.29. The molecular formula is C26H23ClN2O4. The Bertz CT molecular complexity index is 1240. The number of amides is 1. The number of ketones is 1. The Hall–Kier alpha value is -3.64. The highest BCUT2D eigenvalue weighted by Crippen LogP contribution is 2.42. The minimum absolute atomic E-state index is 0.00156. The van der Waals surface area contributed by atoms with Gasteiger partial charge in [-0.1, -0.05) is 23.7 Å². The number of aliphatic hydroxyl groups is 1. The highest BCUT2D eigenvalue weighted by molar-refractivity contribution is 6.51. The molecule has 0 bridgehead atoms. The van der Waals surface area contributed by atoms with E-state index in [1.807, 2.05) is 20.8 Å². The van der Waals surface area contributed by atoms with Crippen LogP contribution in [0.4, 0.5) is 5.69 Å². The Morgan fingerprint density at radius 1 is 1.12 bits per heavy atom. The fourth-order valence-corrected chi connectivity index (χ4v) is 3.98. The predicted octanol–water partition coefficient (Wildman–Crippen LogP) is 5.46. The van der Waals surface area contributed by atoms with Crippen LogP contribution in [-0.4, -0.2) is 27.9 Å². The summed E-state index contributed by atoms with van der Waals surface area (Å²) >= 11 is 6.31. The maximum absolute atomic E-state index is 13.2. The monoisotopic (exact) mass is 462 g/mol. The predicted molar refractivity (Wildman–Crippen MR) is 127 cm³/mol. The molecule has 168 valence electrons. The van der Waals surface area contributed by atoms with E-state index in [-0.39, 0.29) is 17.4 Å². The van der Waals surface area contributed by atoms with Crippen molar-refractivity contribution in [2.45, 2.75) is 32.9 Å². The molecule has 1 aliphatic rings. The highest BCUT2D eigenvalue weighted by atomic mass is 35.5. The molecule has 0 saturated carbocycles. The van der Waals surface area contributed by atoms with Crippen LogP contribution in [-0.2, 0) is 9.59 Å². The molecule has 1 saturated heterocycles. The van der Waals surface area contributed by atoms with Gasteiger partial charge in [0.15, 0.2) is 0 Å². The maximum Gasteiger partial charge on any atom is 0.300 e. The van der Waals surface area contributed by atoms with Gasteiger partial charge in [-0.05, 0) is 74.4 Å². The smallest absolute Gasteiger partial charge is 0.300 e. The fraction of sp³-hybridized carbons (Fsp3) is 0.192. The first-order valence-electron chi connectivity index (χ1n) is 10.5. The Morgan fingerprint density at radius 2 is 1.85 bits per heavy atom. The van der Waals surface area contributed by atoms with E-state index in [9.17, 15) is 14.7 Å². The number of carbonyl (C=O) groups excluding carboxylic acids is 2. The van der Waals surface area contributed by atoms with Gasteiger partial charge in [0.1, 0.15) is 11.5 Å². The van der Waals surface area contributed by atoms with E-state index >= 15 is 0 Å². The van der Waals surface area contributed by atoms with E-state index in [2.05, 4.69) is 4.98 Å². The summed E-state index contributed by atoms with van der Waals surface area (Å²) in [6, 6.07) is 14.5. The summed E-state index contributed by atoms with van der Waals surface area (Å²) in [5, 5.41) is 11.6. The van der Waals surface area contributed by atoms with Gasteiger partial charge in [-0.15, -0.1) is 0 Å². The molecule has 1 aromatic heterocycles. The Kier molecular flexibility index (Phi) is 6.20. The Labute approximate surface area is 197 Å². The first-order chi connectivity index (χ1) is 15.8. The SMILES string of the molecule is Cc1ccc(N2C(=O)C(=O)/C(=C(/O)c3ccc(OC(C)C)cc3)C2c2cccnc2)cc1Cl. The minimum Gasteiger partial charge on any atom is -0.507 e.